The molecule has 10 rings (SSSR count). The fourth-order valence-corrected chi connectivity index (χ4v) is 7.80. The average molecular weight is 690 g/mol. The second-order valence-electron chi connectivity index (χ2n) is 13.7. The quantitative estimate of drug-likeness (QED) is 0.166. The third-order valence-corrected chi connectivity index (χ3v) is 10.5. The zero-order chi connectivity index (χ0) is 35.8. The van der Waals surface area contributed by atoms with E-state index in [1.165, 1.54) is 38.8 Å². The van der Waals surface area contributed by atoms with E-state index in [2.05, 4.69) is 217 Å². The Morgan fingerprint density at radius 3 is 1.20 bits per heavy atom. The maximum absolute atomic E-state index is 7.15. The van der Waals surface area contributed by atoms with Crippen LogP contribution in [-0.4, -0.2) is 0 Å². The van der Waals surface area contributed by atoms with Crippen molar-refractivity contribution in [3.63, 3.8) is 0 Å². The molecule has 0 aliphatic carbocycles. The molecular weight excluding hydrogens is 655 g/mol. The van der Waals surface area contributed by atoms with Gasteiger partial charge in [-0.3, -0.25) is 0 Å². The van der Waals surface area contributed by atoms with Crippen LogP contribution in [0.3, 0.4) is 0 Å². The minimum Gasteiger partial charge on any atom is -0.453 e. The fourth-order valence-electron chi connectivity index (χ4n) is 7.80. The molecule has 0 saturated heterocycles. The van der Waals surface area contributed by atoms with Crippen LogP contribution in [0.15, 0.2) is 217 Å². The molecule has 10 aromatic rings. The SMILES string of the molecule is c1ccc(-c2ccc(N(c3ccc(-c4ccccc4)cc3)c3cc(-c4ccccc4)cc4c3oc3c5ccccc5c(-c5ccccc5)cc43)cc2)cc1. The van der Waals surface area contributed by atoms with E-state index in [-0.39, 0.29) is 0 Å². The van der Waals surface area contributed by atoms with E-state index in [9.17, 15) is 0 Å². The van der Waals surface area contributed by atoms with Crippen LogP contribution >= 0.6 is 0 Å². The molecule has 9 aromatic carbocycles. The Morgan fingerprint density at radius 1 is 0.278 bits per heavy atom. The van der Waals surface area contributed by atoms with Crippen LogP contribution in [0.5, 0.6) is 0 Å². The van der Waals surface area contributed by atoms with Gasteiger partial charge >= 0.3 is 0 Å². The summed E-state index contributed by atoms with van der Waals surface area (Å²) in [5.74, 6) is 0. The van der Waals surface area contributed by atoms with Gasteiger partial charge in [0.15, 0.2) is 5.58 Å². The molecule has 254 valence electrons. The summed E-state index contributed by atoms with van der Waals surface area (Å²) in [4.78, 5) is 2.35. The van der Waals surface area contributed by atoms with E-state index in [4.69, 9.17) is 4.42 Å². The zero-order valence-corrected chi connectivity index (χ0v) is 29.6. The van der Waals surface area contributed by atoms with Crippen LogP contribution in [0.4, 0.5) is 17.1 Å². The highest BCUT2D eigenvalue weighted by atomic mass is 16.3. The van der Waals surface area contributed by atoms with E-state index in [1.807, 2.05) is 0 Å². The molecule has 0 aliphatic heterocycles. The molecule has 1 heterocycles. The van der Waals surface area contributed by atoms with Gasteiger partial charge in [0.25, 0.3) is 0 Å². The second-order valence-corrected chi connectivity index (χ2v) is 13.7. The van der Waals surface area contributed by atoms with Crippen molar-refractivity contribution in [3.05, 3.63) is 212 Å². The van der Waals surface area contributed by atoms with Crippen molar-refractivity contribution >= 4 is 49.8 Å². The summed E-state index contributed by atoms with van der Waals surface area (Å²) < 4.78 is 7.15. The smallest absolute Gasteiger partial charge is 0.159 e. The summed E-state index contributed by atoms with van der Waals surface area (Å²) in [6.45, 7) is 0. The molecule has 0 saturated carbocycles. The van der Waals surface area contributed by atoms with E-state index in [0.29, 0.717) is 0 Å². The van der Waals surface area contributed by atoms with Crippen molar-refractivity contribution in [2.75, 3.05) is 4.90 Å². The molecule has 2 nitrogen and oxygen atoms in total. The minimum atomic E-state index is 0.847. The number of benzene rings is 9. The third kappa shape index (κ3) is 5.62. The summed E-state index contributed by atoms with van der Waals surface area (Å²) in [7, 11) is 0. The maximum Gasteiger partial charge on any atom is 0.159 e. The highest BCUT2D eigenvalue weighted by molar-refractivity contribution is 6.21. The fraction of sp³-hybridized carbons (Fsp3) is 0. The predicted molar refractivity (Wildman–Crippen MR) is 228 cm³/mol. The lowest BCUT2D eigenvalue weighted by Crippen LogP contribution is -2.10. The first-order valence-electron chi connectivity index (χ1n) is 18.4. The highest BCUT2D eigenvalue weighted by Crippen LogP contribution is 2.47. The van der Waals surface area contributed by atoms with Gasteiger partial charge in [-0.2, -0.15) is 0 Å². The number of furan rings is 1. The van der Waals surface area contributed by atoms with Crippen molar-refractivity contribution in [3.8, 4) is 44.5 Å². The van der Waals surface area contributed by atoms with Crippen molar-refractivity contribution in [1.29, 1.82) is 0 Å². The Labute approximate surface area is 314 Å². The number of anilines is 3. The molecular formula is C52H35NO. The number of rotatable bonds is 7. The number of fused-ring (bicyclic) bond motifs is 5. The Hall–Kier alpha value is -7.16. The van der Waals surface area contributed by atoms with Gasteiger partial charge < -0.3 is 9.32 Å². The summed E-state index contributed by atoms with van der Waals surface area (Å²) >= 11 is 0. The van der Waals surface area contributed by atoms with Crippen LogP contribution in [0, 0.1) is 0 Å². The van der Waals surface area contributed by atoms with Crippen molar-refractivity contribution in [1.82, 2.24) is 0 Å². The van der Waals surface area contributed by atoms with E-state index >= 15 is 0 Å². The number of hydrogen-bond acceptors (Lipinski definition) is 2. The van der Waals surface area contributed by atoms with Gasteiger partial charge in [0.1, 0.15) is 5.58 Å². The van der Waals surface area contributed by atoms with Gasteiger partial charge in [-0.1, -0.05) is 170 Å². The molecule has 0 atom stereocenters. The molecule has 0 aliphatic rings. The van der Waals surface area contributed by atoms with E-state index in [1.54, 1.807) is 0 Å². The summed E-state index contributed by atoms with van der Waals surface area (Å²) in [6, 6.07) is 75.7. The number of hydrogen-bond donors (Lipinski definition) is 0. The third-order valence-electron chi connectivity index (χ3n) is 10.5. The average Bonchev–Trinajstić information content (AvgIpc) is 3.64. The lowest BCUT2D eigenvalue weighted by Gasteiger charge is -2.26. The highest BCUT2D eigenvalue weighted by Gasteiger charge is 2.23. The van der Waals surface area contributed by atoms with Crippen molar-refractivity contribution in [2.45, 2.75) is 0 Å². The van der Waals surface area contributed by atoms with Gasteiger partial charge in [0, 0.05) is 27.5 Å². The van der Waals surface area contributed by atoms with Gasteiger partial charge in [-0.05, 0) is 92.4 Å². The molecule has 0 amide bonds. The normalized spacial score (nSPS) is 11.3. The molecule has 1 aromatic heterocycles. The molecule has 0 fully saturated rings. The Bertz CT molecular complexity index is 2800. The van der Waals surface area contributed by atoms with Crippen LogP contribution in [0.25, 0.3) is 77.2 Å². The first-order valence-corrected chi connectivity index (χ1v) is 18.4. The molecule has 2 heteroatoms. The van der Waals surface area contributed by atoms with Crippen LogP contribution in [0.1, 0.15) is 0 Å². The standard InChI is InChI=1S/C52H35NO/c1-5-15-36(16-6-1)39-25-29-43(30-26-39)53(44-31-27-40(28-32-44)37-17-7-2-8-18-37)50-34-42(38-19-9-3-10-20-38)33-48-49-35-47(41-21-11-4-12-22-41)45-23-13-14-24-46(45)51(49)54-52(48)50/h1-35H. The van der Waals surface area contributed by atoms with Gasteiger partial charge in [-0.25, -0.2) is 0 Å². The Kier molecular flexibility index (Phi) is 7.85. The van der Waals surface area contributed by atoms with Crippen molar-refractivity contribution in [2.24, 2.45) is 0 Å². The summed E-state index contributed by atoms with van der Waals surface area (Å²) in [5, 5.41) is 4.45. The monoisotopic (exact) mass is 689 g/mol. The minimum absolute atomic E-state index is 0.847. The summed E-state index contributed by atoms with van der Waals surface area (Å²) in [5.41, 5.74) is 14.2. The zero-order valence-electron chi connectivity index (χ0n) is 29.6. The largest absolute Gasteiger partial charge is 0.453 e. The molecule has 0 N–H and O–H groups in total. The van der Waals surface area contributed by atoms with E-state index in [0.717, 1.165) is 55.5 Å². The van der Waals surface area contributed by atoms with Crippen LogP contribution < -0.4 is 4.90 Å². The summed E-state index contributed by atoms with van der Waals surface area (Å²) in [6.07, 6.45) is 0. The molecule has 0 radical (unpaired) electrons. The first kappa shape index (κ1) is 31.6. The molecule has 0 spiro atoms. The molecule has 0 unspecified atom stereocenters. The van der Waals surface area contributed by atoms with E-state index < -0.39 is 0 Å². The lowest BCUT2D eigenvalue weighted by molar-refractivity contribution is 0.673. The molecule has 54 heavy (non-hydrogen) atoms. The van der Waals surface area contributed by atoms with Gasteiger partial charge in [-0.15, -0.1) is 0 Å². The predicted octanol–water partition coefficient (Wildman–Crippen LogP) is 14.9. The topological polar surface area (TPSA) is 16.4 Å². The Balaban J connectivity index is 1.25. The van der Waals surface area contributed by atoms with Crippen LogP contribution in [-0.2, 0) is 0 Å². The number of nitrogens with zero attached hydrogens (tertiary/aromatic N) is 1. The van der Waals surface area contributed by atoms with Gasteiger partial charge in [0.2, 0.25) is 0 Å². The van der Waals surface area contributed by atoms with Gasteiger partial charge in [0.05, 0.1) is 5.69 Å². The maximum atomic E-state index is 7.15. The van der Waals surface area contributed by atoms with Crippen molar-refractivity contribution < 1.29 is 4.42 Å². The van der Waals surface area contributed by atoms with Crippen LogP contribution in [0.2, 0.25) is 0 Å². The first-order chi connectivity index (χ1) is 26.8. The Morgan fingerprint density at radius 2 is 0.685 bits per heavy atom. The second kappa shape index (κ2) is 13.4. The molecule has 0 bridgehead atoms. The lowest BCUT2D eigenvalue weighted by atomic mass is 9.94.